The van der Waals surface area contributed by atoms with Gasteiger partial charge in [-0.25, -0.2) is 0 Å². The molecule has 0 atom stereocenters. The van der Waals surface area contributed by atoms with Crippen molar-refractivity contribution in [2.75, 3.05) is 26.2 Å². The maximum Gasteiger partial charge on any atom is 0.00501 e. The van der Waals surface area contributed by atoms with E-state index >= 15 is 0 Å². The molecule has 0 amide bonds. The average Bonchev–Trinajstić information content (AvgIpc) is 3.13. The SMILES string of the molecule is CCN(CC1CC1)CC1(CN)CCCCC1. The van der Waals surface area contributed by atoms with Gasteiger partial charge >= 0.3 is 0 Å². The number of nitrogens with two attached hydrogens (primary N) is 1. The lowest BCUT2D eigenvalue weighted by Crippen LogP contribution is -2.44. The van der Waals surface area contributed by atoms with Crippen LogP contribution in [0.4, 0.5) is 0 Å². The van der Waals surface area contributed by atoms with Crippen LogP contribution in [0.25, 0.3) is 0 Å². The van der Waals surface area contributed by atoms with Gasteiger partial charge < -0.3 is 10.6 Å². The Balaban J connectivity index is 1.86. The Hall–Kier alpha value is -0.0800. The molecule has 2 aliphatic rings. The summed E-state index contributed by atoms with van der Waals surface area (Å²) in [4.78, 5) is 2.66. The van der Waals surface area contributed by atoms with Crippen molar-refractivity contribution in [3.63, 3.8) is 0 Å². The smallest absolute Gasteiger partial charge is 0.00501 e. The molecule has 2 nitrogen and oxygen atoms in total. The standard InChI is InChI=1S/C14H28N2/c1-2-16(10-13-6-7-13)12-14(11-15)8-4-3-5-9-14/h13H,2-12,15H2,1H3. The van der Waals surface area contributed by atoms with Gasteiger partial charge in [0, 0.05) is 13.1 Å². The first-order valence-electron chi connectivity index (χ1n) is 7.20. The molecule has 2 saturated carbocycles. The third-order valence-corrected chi connectivity index (χ3v) is 4.57. The minimum Gasteiger partial charge on any atom is -0.330 e. The van der Waals surface area contributed by atoms with Crippen LogP contribution >= 0.6 is 0 Å². The first kappa shape index (κ1) is 12.4. The van der Waals surface area contributed by atoms with Gasteiger partial charge in [0.2, 0.25) is 0 Å². The molecular formula is C14H28N2. The topological polar surface area (TPSA) is 29.3 Å². The lowest BCUT2D eigenvalue weighted by molar-refractivity contribution is 0.111. The minimum absolute atomic E-state index is 0.461. The van der Waals surface area contributed by atoms with Crippen molar-refractivity contribution in [3.8, 4) is 0 Å². The fourth-order valence-corrected chi connectivity index (χ4v) is 3.17. The molecule has 16 heavy (non-hydrogen) atoms. The molecular weight excluding hydrogens is 196 g/mol. The van der Waals surface area contributed by atoms with E-state index in [4.69, 9.17) is 5.73 Å². The molecule has 0 radical (unpaired) electrons. The van der Waals surface area contributed by atoms with Crippen LogP contribution in [0.2, 0.25) is 0 Å². The number of hydrogen-bond donors (Lipinski definition) is 1. The highest BCUT2D eigenvalue weighted by atomic mass is 15.1. The Bertz CT molecular complexity index is 205. The summed E-state index contributed by atoms with van der Waals surface area (Å²) < 4.78 is 0. The highest BCUT2D eigenvalue weighted by molar-refractivity contribution is 4.88. The molecule has 0 unspecified atom stereocenters. The van der Waals surface area contributed by atoms with E-state index in [0.717, 1.165) is 12.5 Å². The number of rotatable bonds is 6. The zero-order valence-corrected chi connectivity index (χ0v) is 10.9. The van der Waals surface area contributed by atoms with E-state index in [0.29, 0.717) is 5.41 Å². The van der Waals surface area contributed by atoms with Crippen LogP contribution in [0, 0.1) is 11.3 Å². The number of hydrogen-bond acceptors (Lipinski definition) is 2. The van der Waals surface area contributed by atoms with Gasteiger partial charge in [-0.1, -0.05) is 26.2 Å². The molecule has 0 aromatic heterocycles. The molecule has 2 N–H and O–H groups in total. The predicted octanol–water partition coefficient (Wildman–Crippen LogP) is 2.63. The summed E-state index contributed by atoms with van der Waals surface area (Å²) in [6.07, 6.45) is 9.89. The third-order valence-electron chi connectivity index (χ3n) is 4.57. The molecule has 0 saturated heterocycles. The lowest BCUT2D eigenvalue weighted by atomic mass is 9.73. The van der Waals surface area contributed by atoms with Crippen LogP contribution in [0.5, 0.6) is 0 Å². The molecule has 0 aliphatic heterocycles. The van der Waals surface area contributed by atoms with Gasteiger partial charge in [0.1, 0.15) is 0 Å². The monoisotopic (exact) mass is 224 g/mol. The molecule has 2 heteroatoms. The maximum absolute atomic E-state index is 6.06. The fraction of sp³-hybridized carbons (Fsp3) is 1.00. The van der Waals surface area contributed by atoms with Crippen LogP contribution in [0.15, 0.2) is 0 Å². The van der Waals surface area contributed by atoms with Gasteiger partial charge in [0.05, 0.1) is 0 Å². The fourth-order valence-electron chi connectivity index (χ4n) is 3.17. The van der Waals surface area contributed by atoms with Crippen molar-refractivity contribution in [1.82, 2.24) is 4.90 Å². The summed E-state index contributed by atoms with van der Waals surface area (Å²) >= 11 is 0. The maximum atomic E-state index is 6.06. The van der Waals surface area contributed by atoms with E-state index < -0.39 is 0 Å². The molecule has 2 fully saturated rings. The second kappa shape index (κ2) is 5.50. The van der Waals surface area contributed by atoms with Gasteiger partial charge in [-0.05, 0) is 50.1 Å². The molecule has 0 heterocycles. The lowest BCUT2D eigenvalue weighted by Gasteiger charge is -2.40. The van der Waals surface area contributed by atoms with Gasteiger partial charge in [0.25, 0.3) is 0 Å². The summed E-state index contributed by atoms with van der Waals surface area (Å²) in [6, 6.07) is 0. The van der Waals surface area contributed by atoms with Gasteiger partial charge in [-0.2, -0.15) is 0 Å². The van der Waals surface area contributed by atoms with Crippen molar-refractivity contribution in [1.29, 1.82) is 0 Å². The van der Waals surface area contributed by atoms with Crippen LogP contribution in [0.3, 0.4) is 0 Å². The Labute approximate surface area is 101 Å². The number of nitrogens with zero attached hydrogens (tertiary/aromatic N) is 1. The van der Waals surface area contributed by atoms with E-state index in [2.05, 4.69) is 11.8 Å². The normalized spacial score (nSPS) is 24.9. The largest absolute Gasteiger partial charge is 0.330 e. The highest BCUT2D eigenvalue weighted by Gasteiger charge is 2.33. The first-order valence-corrected chi connectivity index (χ1v) is 7.20. The summed E-state index contributed by atoms with van der Waals surface area (Å²) in [5.41, 5.74) is 6.52. The predicted molar refractivity (Wildman–Crippen MR) is 69.4 cm³/mol. The summed E-state index contributed by atoms with van der Waals surface area (Å²) in [5, 5.41) is 0. The van der Waals surface area contributed by atoms with E-state index in [1.807, 2.05) is 0 Å². The second-order valence-electron chi connectivity index (χ2n) is 6.04. The second-order valence-corrected chi connectivity index (χ2v) is 6.04. The third kappa shape index (κ3) is 3.21. The summed E-state index contributed by atoms with van der Waals surface area (Å²) in [7, 11) is 0. The first-order chi connectivity index (χ1) is 7.78. The van der Waals surface area contributed by atoms with Crippen molar-refractivity contribution in [3.05, 3.63) is 0 Å². The molecule has 0 bridgehead atoms. The zero-order valence-electron chi connectivity index (χ0n) is 10.9. The molecule has 0 spiro atoms. The highest BCUT2D eigenvalue weighted by Crippen LogP contribution is 2.37. The van der Waals surface area contributed by atoms with Crippen molar-refractivity contribution >= 4 is 0 Å². The summed E-state index contributed by atoms with van der Waals surface area (Å²) in [5.74, 6) is 1.01. The Morgan fingerprint density at radius 1 is 1.19 bits per heavy atom. The molecule has 0 aromatic carbocycles. The Morgan fingerprint density at radius 3 is 2.38 bits per heavy atom. The van der Waals surface area contributed by atoms with Crippen molar-refractivity contribution in [2.24, 2.45) is 17.1 Å². The van der Waals surface area contributed by atoms with Crippen LogP contribution in [-0.2, 0) is 0 Å². The van der Waals surface area contributed by atoms with Gasteiger partial charge in [0.15, 0.2) is 0 Å². The Morgan fingerprint density at radius 2 is 1.88 bits per heavy atom. The summed E-state index contributed by atoms with van der Waals surface area (Å²) in [6.45, 7) is 7.00. The molecule has 94 valence electrons. The van der Waals surface area contributed by atoms with Gasteiger partial charge in [-0.3, -0.25) is 0 Å². The van der Waals surface area contributed by atoms with E-state index in [1.54, 1.807) is 0 Å². The average molecular weight is 224 g/mol. The van der Waals surface area contributed by atoms with E-state index in [9.17, 15) is 0 Å². The zero-order chi connectivity index (χ0) is 11.4. The molecule has 0 aromatic rings. The molecule has 2 rings (SSSR count). The Kier molecular flexibility index (Phi) is 4.26. The van der Waals surface area contributed by atoms with Crippen LogP contribution in [-0.4, -0.2) is 31.1 Å². The minimum atomic E-state index is 0.461. The van der Waals surface area contributed by atoms with E-state index in [-0.39, 0.29) is 0 Å². The van der Waals surface area contributed by atoms with Gasteiger partial charge in [-0.15, -0.1) is 0 Å². The molecule has 2 aliphatic carbocycles. The van der Waals surface area contributed by atoms with Crippen molar-refractivity contribution in [2.45, 2.75) is 51.9 Å². The van der Waals surface area contributed by atoms with Crippen LogP contribution in [0.1, 0.15) is 51.9 Å². The van der Waals surface area contributed by atoms with Crippen LogP contribution < -0.4 is 5.73 Å². The van der Waals surface area contributed by atoms with E-state index in [1.165, 1.54) is 64.6 Å². The van der Waals surface area contributed by atoms with Crippen molar-refractivity contribution < 1.29 is 0 Å². The quantitative estimate of drug-likeness (QED) is 0.751.